The molecule has 0 saturated carbocycles. The van der Waals surface area contributed by atoms with Gasteiger partial charge in [-0.25, -0.2) is 0 Å². The molecule has 2 rings (SSSR count). The second-order valence-corrected chi connectivity index (χ2v) is 6.27. The SMILES string of the molecule is CCC(C)c1ccccc1NC(=O)C(=O)Nc1ccc(Cl)cc1Cl. The van der Waals surface area contributed by atoms with Crippen molar-refractivity contribution in [3.63, 3.8) is 0 Å². The van der Waals surface area contributed by atoms with Crippen LogP contribution < -0.4 is 10.6 Å². The van der Waals surface area contributed by atoms with Crippen molar-refractivity contribution in [2.75, 3.05) is 10.6 Å². The van der Waals surface area contributed by atoms with Crippen LogP contribution in [0.5, 0.6) is 0 Å². The summed E-state index contributed by atoms with van der Waals surface area (Å²) in [7, 11) is 0. The quantitative estimate of drug-likeness (QED) is 0.742. The van der Waals surface area contributed by atoms with Crippen molar-refractivity contribution in [3.8, 4) is 0 Å². The van der Waals surface area contributed by atoms with Gasteiger partial charge in [0.25, 0.3) is 0 Å². The molecule has 2 N–H and O–H groups in total. The minimum absolute atomic E-state index is 0.267. The van der Waals surface area contributed by atoms with E-state index < -0.39 is 11.8 Å². The number of amides is 2. The maximum Gasteiger partial charge on any atom is 0.314 e. The molecule has 2 aromatic carbocycles. The molecular weight excluding hydrogens is 347 g/mol. The minimum atomic E-state index is -0.793. The smallest absolute Gasteiger partial charge is 0.314 e. The first-order valence-corrected chi connectivity index (χ1v) is 8.34. The summed E-state index contributed by atoms with van der Waals surface area (Å²) in [4.78, 5) is 24.3. The third-order valence-electron chi connectivity index (χ3n) is 3.74. The molecule has 0 fully saturated rings. The van der Waals surface area contributed by atoms with E-state index in [-0.39, 0.29) is 10.9 Å². The van der Waals surface area contributed by atoms with Crippen LogP contribution in [0.1, 0.15) is 31.7 Å². The topological polar surface area (TPSA) is 58.2 Å². The van der Waals surface area contributed by atoms with E-state index in [0.29, 0.717) is 16.4 Å². The molecule has 0 saturated heterocycles. The highest BCUT2D eigenvalue weighted by Crippen LogP contribution is 2.27. The highest BCUT2D eigenvalue weighted by atomic mass is 35.5. The van der Waals surface area contributed by atoms with Crippen molar-refractivity contribution in [1.29, 1.82) is 0 Å². The zero-order chi connectivity index (χ0) is 17.7. The predicted octanol–water partition coefficient (Wildman–Crippen LogP) is 5.08. The molecule has 0 spiro atoms. The van der Waals surface area contributed by atoms with Crippen LogP contribution >= 0.6 is 23.2 Å². The summed E-state index contributed by atoms with van der Waals surface area (Å²) < 4.78 is 0. The summed E-state index contributed by atoms with van der Waals surface area (Å²) in [6.07, 6.45) is 0.930. The van der Waals surface area contributed by atoms with Gasteiger partial charge < -0.3 is 10.6 Å². The summed E-state index contributed by atoms with van der Waals surface area (Å²) >= 11 is 11.8. The first kappa shape index (κ1) is 18.3. The Morgan fingerprint density at radius 3 is 2.25 bits per heavy atom. The van der Waals surface area contributed by atoms with Crippen molar-refractivity contribution in [2.24, 2.45) is 0 Å². The Hall–Kier alpha value is -2.04. The van der Waals surface area contributed by atoms with E-state index in [1.807, 2.05) is 18.2 Å². The summed E-state index contributed by atoms with van der Waals surface area (Å²) in [5, 5.41) is 5.85. The Balaban J connectivity index is 2.11. The largest absolute Gasteiger partial charge is 0.318 e. The maximum atomic E-state index is 12.2. The average molecular weight is 365 g/mol. The number of carbonyl (C=O) groups is 2. The number of carbonyl (C=O) groups excluding carboxylic acids is 2. The van der Waals surface area contributed by atoms with Gasteiger partial charge in [-0.05, 0) is 42.2 Å². The molecule has 1 atom stereocenters. The van der Waals surface area contributed by atoms with Crippen LogP contribution in [0.4, 0.5) is 11.4 Å². The number of halogens is 2. The van der Waals surface area contributed by atoms with Gasteiger partial charge in [0.1, 0.15) is 0 Å². The Morgan fingerprint density at radius 2 is 1.62 bits per heavy atom. The van der Waals surface area contributed by atoms with E-state index in [1.165, 1.54) is 6.07 Å². The van der Waals surface area contributed by atoms with Crippen molar-refractivity contribution >= 4 is 46.4 Å². The summed E-state index contributed by atoms with van der Waals surface area (Å²) in [6.45, 7) is 4.14. The highest BCUT2D eigenvalue weighted by molar-refractivity contribution is 6.45. The fourth-order valence-corrected chi connectivity index (χ4v) is 2.67. The van der Waals surface area contributed by atoms with Crippen LogP contribution in [0, 0.1) is 0 Å². The van der Waals surface area contributed by atoms with Gasteiger partial charge in [0.05, 0.1) is 10.7 Å². The highest BCUT2D eigenvalue weighted by Gasteiger charge is 2.18. The maximum absolute atomic E-state index is 12.2. The number of anilines is 2. The van der Waals surface area contributed by atoms with E-state index in [4.69, 9.17) is 23.2 Å². The van der Waals surface area contributed by atoms with E-state index in [9.17, 15) is 9.59 Å². The van der Waals surface area contributed by atoms with Crippen LogP contribution in [0.3, 0.4) is 0 Å². The fraction of sp³-hybridized carbons (Fsp3) is 0.222. The van der Waals surface area contributed by atoms with Crippen molar-refractivity contribution < 1.29 is 9.59 Å². The molecule has 0 aliphatic carbocycles. The van der Waals surface area contributed by atoms with Crippen LogP contribution in [-0.2, 0) is 9.59 Å². The number of benzene rings is 2. The number of hydrogen-bond acceptors (Lipinski definition) is 2. The van der Waals surface area contributed by atoms with Crippen LogP contribution in [0.15, 0.2) is 42.5 Å². The van der Waals surface area contributed by atoms with E-state index in [2.05, 4.69) is 24.5 Å². The lowest BCUT2D eigenvalue weighted by molar-refractivity contribution is -0.133. The predicted molar refractivity (Wildman–Crippen MR) is 98.9 cm³/mol. The van der Waals surface area contributed by atoms with E-state index in [1.54, 1.807) is 18.2 Å². The average Bonchev–Trinajstić information content (AvgIpc) is 2.57. The minimum Gasteiger partial charge on any atom is -0.318 e. The third kappa shape index (κ3) is 4.49. The van der Waals surface area contributed by atoms with Gasteiger partial charge in [-0.3, -0.25) is 9.59 Å². The molecule has 0 aliphatic heterocycles. The molecule has 126 valence electrons. The van der Waals surface area contributed by atoms with Crippen molar-refractivity contribution in [2.45, 2.75) is 26.2 Å². The molecule has 2 amide bonds. The fourth-order valence-electron chi connectivity index (χ4n) is 2.21. The van der Waals surface area contributed by atoms with Gasteiger partial charge >= 0.3 is 11.8 Å². The lowest BCUT2D eigenvalue weighted by atomic mass is 9.97. The third-order valence-corrected chi connectivity index (χ3v) is 4.29. The monoisotopic (exact) mass is 364 g/mol. The molecule has 24 heavy (non-hydrogen) atoms. The molecule has 0 aliphatic rings. The van der Waals surface area contributed by atoms with E-state index >= 15 is 0 Å². The molecule has 0 heterocycles. The first-order chi connectivity index (χ1) is 11.4. The number of para-hydroxylation sites is 1. The molecule has 6 heteroatoms. The van der Waals surface area contributed by atoms with Gasteiger partial charge in [0.15, 0.2) is 0 Å². The van der Waals surface area contributed by atoms with Crippen LogP contribution in [0.25, 0.3) is 0 Å². The second-order valence-electron chi connectivity index (χ2n) is 5.43. The van der Waals surface area contributed by atoms with Gasteiger partial charge in [-0.1, -0.05) is 55.2 Å². The van der Waals surface area contributed by atoms with Crippen LogP contribution in [0.2, 0.25) is 10.0 Å². The Kier molecular flexibility index (Phi) is 6.23. The molecule has 0 aromatic heterocycles. The lowest BCUT2D eigenvalue weighted by Crippen LogP contribution is -2.29. The lowest BCUT2D eigenvalue weighted by Gasteiger charge is -2.15. The molecule has 0 bridgehead atoms. The molecule has 1 unspecified atom stereocenters. The van der Waals surface area contributed by atoms with Crippen molar-refractivity contribution in [3.05, 3.63) is 58.1 Å². The molecule has 4 nitrogen and oxygen atoms in total. The zero-order valence-electron chi connectivity index (χ0n) is 13.4. The number of rotatable bonds is 4. The Labute approximate surface area is 151 Å². The normalized spacial score (nSPS) is 11.7. The standard InChI is InChI=1S/C18H18Cl2N2O2/c1-3-11(2)13-6-4-5-7-15(13)21-17(23)18(24)22-16-9-8-12(19)10-14(16)20/h4-11H,3H2,1-2H3,(H,21,23)(H,22,24). The first-order valence-electron chi connectivity index (χ1n) is 7.58. The Bertz CT molecular complexity index is 762. The number of nitrogens with one attached hydrogen (secondary N) is 2. The second kappa shape index (κ2) is 8.18. The summed E-state index contributed by atoms with van der Waals surface area (Å²) in [5.41, 5.74) is 1.95. The molecule has 2 aromatic rings. The molecule has 0 radical (unpaired) electrons. The van der Waals surface area contributed by atoms with Gasteiger partial charge in [-0.2, -0.15) is 0 Å². The zero-order valence-corrected chi connectivity index (χ0v) is 14.9. The number of hydrogen-bond donors (Lipinski definition) is 2. The Morgan fingerprint density at radius 1 is 1.00 bits per heavy atom. The van der Waals surface area contributed by atoms with E-state index in [0.717, 1.165) is 12.0 Å². The van der Waals surface area contributed by atoms with Gasteiger partial charge in [0.2, 0.25) is 0 Å². The van der Waals surface area contributed by atoms with Gasteiger partial charge in [-0.15, -0.1) is 0 Å². The molecular formula is C18H18Cl2N2O2. The van der Waals surface area contributed by atoms with Crippen LogP contribution in [-0.4, -0.2) is 11.8 Å². The van der Waals surface area contributed by atoms with Gasteiger partial charge in [0, 0.05) is 10.7 Å². The summed E-state index contributed by atoms with van der Waals surface area (Å²) in [6, 6.07) is 12.1. The summed E-state index contributed by atoms with van der Waals surface area (Å²) in [5.74, 6) is -1.27. The van der Waals surface area contributed by atoms with Crippen molar-refractivity contribution in [1.82, 2.24) is 0 Å².